The first kappa shape index (κ1) is 11.2. The highest BCUT2D eigenvalue weighted by molar-refractivity contribution is 5.20. The molecule has 0 aliphatic carbocycles. The van der Waals surface area contributed by atoms with Gasteiger partial charge in [-0.2, -0.15) is 0 Å². The van der Waals surface area contributed by atoms with E-state index in [9.17, 15) is 5.11 Å². The first-order valence-corrected chi connectivity index (χ1v) is 5.01. The fourth-order valence-electron chi connectivity index (χ4n) is 1.72. The van der Waals surface area contributed by atoms with Gasteiger partial charge in [-0.3, -0.25) is 0 Å². The van der Waals surface area contributed by atoms with Crippen molar-refractivity contribution in [3.05, 3.63) is 35.9 Å². The minimum absolute atomic E-state index is 0.177. The Morgan fingerprint density at radius 1 is 1.29 bits per heavy atom. The Morgan fingerprint density at radius 2 is 1.93 bits per heavy atom. The summed E-state index contributed by atoms with van der Waals surface area (Å²) in [5, 5.41) is 9.84. The minimum atomic E-state index is -0.410. The van der Waals surface area contributed by atoms with Crippen LogP contribution in [0.3, 0.4) is 0 Å². The molecule has 1 aromatic rings. The predicted molar refractivity (Wildman–Crippen MR) is 57.4 cm³/mol. The van der Waals surface area contributed by atoms with Crippen LogP contribution in [0.2, 0.25) is 0 Å². The van der Waals surface area contributed by atoms with Gasteiger partial charge in [0.25, 0.3) is 0 Å². The molecule has 78 valence electrons. The molecule has 0 aromatic heterocycles. The quantitative estimate of drug-likeness (QED) is 0.778. The van der Waals surface area contributed by atoms with E-state index in [4.69, 9.17) is 4.74 Å². The van der Waals surface area contributed by atoms with Crippen LogP contribution in [0.25, 0.3) is 0 Å². The van der Waals surface area contributed by atoms with Gasteiger partial charge in [0.05, 0.1) is 12.7 Å². The molecular weight excluding hydrogens is 176 g/mol. The van der Waals surface area contributed by atoms with Gasteiger partial charge < -0.3 is 9.84 Å². The van der Waals surface area contributed by atoms with Crippen LogP contribution in [0.15, 0.2) is 30.3 Å². The first-order valence-electron chi connectivity index (χ1n) is 5.01. The minimum Gasteiger partial charge on any atom is -0.390 e. The maximum Gasteiger partial charge on any atom is 0.0841 e. The number of aliphatic hydroxyl groups excluding tert-OH is 1. The van der Waals surface area contributed by atoms with Crippen LogP contribution in [0.5, 0.6) is 0 Å². The zero-order valence-corrected chi connectivity index (χ0v) is 8.81. The van der Waals surface area contributed by atoms with Gasteiger partial charge in [-0.15, -0.1) is 0 Å². The molecule has 1 aromatic carbocycles. The van der Waals surface area contributed by atoms with E-state index in [0.29, 0.717) is 6.61 Å². The van der Waals surface area contributed by atoms with Crippen molar-refractivity contribution in [1.29, 1.82) is 0 Å². The van der Waals surface area contributed by atoms with Crippen LogP contribution >= 0.6 is 0 Å². The molecule has 1 N–H and O–H groups in total. The Hall–Kier alpha value is -0.860. The highest BCUT2D eigenvalue weighted by atomic mass is 16.5. The summed E-state index contributed by atoms with van der Waals surface area (Å²) in [5.41, 5.74) is 1.18. The summed E-state index contributed by atoms with van der Waals surface area (Å²) >= 11 is 0. The van der Waals surface area contributed by atoms with E-state index < -0.39 is 6.10 Å². The lowest BCUT2D eigenvalue weighted by Crippen LogP contribution is -2.23. The number of rotatable bonds is 5. The molecule has 2 unspecified atom stereocenters. The Morgan fingerprint density at radius 3 is 2.43 bits per heavy atom. The molecule has 2 atom stereocenters. The maximum absolute atomic E-state index is 9.84. The van der Waals surface area contributed by atoms with Gasteiger partial charge in [-0.1, -0.05) is 37.3 Å². The molecule has 14 heavy (non-hydrogen) atoms. The average Bonchev–Trinajstić information content (AvgIpc) is 2.21. The van der Waals surface area contributed by atoms with E-state index >= 15 is 0 Å². The van der Waals surface area contributed by atoms with E-state index in [-0.39, 0.29) is 5.92 Å². The normalized spacial score (nSPS) is 15.1. The predicted octanol–water partition coefficient (Wildman–Crippen LogP) is 2.19. The van der Waals surface area contributed by atoms with Crippen molar-refractivity contribution in [2.24, 2.45) is 0 Å². The van der Waals surface area contributed by atoms with Gasteiger partial charge in [0.15, 0.2) is 0 Å². The summed E-state index contributed by atoms with van der Waals surface area (Å²) in [6.07, 6.45) is 0.515. The number of benzene rings is 1. The zero-order chi connectivity index (χ0) is 10.4. The van der Waals surface area contributed by atoms with E-state index in [1.807, 2.05) is 30.3 Å². The molecule has 0 saturated heterocycles. The van der Waals surface area contributed by atoms with Crippen LogP contribution in [0.1, 0.15) is 24.8 Å². The topological polar surface area (TPSA) is 29.5 Å². The standard InChI is InChI=1S/C12H18O2/c1-3-11(12(13)9-14-2)10-7-5-4-6-8-10/h4-8,11-13H,3,9H2,1-2H3. The molecule has 0 bridgehead atoms. The van der Waals surface area contributed by atoms with Crippen molar-refractivity contribution in [2.75, 3.05) is 13.7 Å². The molecule has 0 aliphatic heterocycles. The molecule has 2 heteroatoms. The third-order valence-electron chi connectivity index (χ3n) is 2.47. The smallest absolute Gasteiger partial charge is 0.0841 e. The fourth-order valence-corrected chi connectivity index (χ4v) is 1.72. The lowest BCUT2D eigenvalue weighted by molar-refractivity contribution is 0.0455. The summed E-state index contributed by atoms with van der Waals surface area (Å²) in [6, 6.07) is 10.1. The van der Waals surface area contributed by atoms with Gasteiger partial charge >= 0.3 is 0 Å². The summed E-state index contributed by atoms with van der Waals surface area (Å²) < 4.78 is 4.96. The van der Waals surface area contributed by atoms with Crippen molar-refractivity contribution >= 4 is 0 Å². The third kappa shape index (κ3) is 2.82. The monoisotopic (exact) mass is 194 g/mol. The second-order valence-electron chi connectivity index (χ2n) is 3.45. The van der Waals surface area contributed by atoms with Gasteiger partial charge in [-0.05, 0) is 12.0 Å². The first-order chi connectivity index (χ1) is 6.79. The van der Waals surface area contributed by atoms with E-state index in [1.165, 1.54) is 5.56 Å². The molecular formula is C12H18O2. The highest BCUT2D eigenvalue weighted by Crippen LogP contribution is 2.23. The molecule has 0 amide bonds. The molecule has 1 rings (SSSR count). The second-order valence-corrected chi connectivity index (χ2v) is 3.45. The number of hydrogen-bond donors (Lipinski definition) is 1. The number of methoxy groups -OCH3 is 1. The van der Waals surface area contributed by atoms with Gasteiger partial charge in [0.2, 0.25) is 0 Å². The zero-order valence-electron chi connectivity index (χ0n) is 8.81. The summed E-state index contributed by atoms with van der Waals surface area (Å²) in [5.74, 6) is 0.177. The molecule has 0 saturated carbocycles. The second kappa shape index (κ2) is 5.78. The van der Waals surface area contributed by atoms with Crippen molar-refractivity contribution in [1.82, 2.24) is 0 Å². The Labute approximate surface area is 85.5 Å². The fraction of sp³-hybridized carbons (Fsp3) is 0.500. The van der Waals surface area contributed by atoms with E-state index in [1.54, 1.807) is 7.11 Å². The van der Waals surface area contributed by atoms with E-state index in [2.05, 4.69) is 6.92 Å². The molecule has 0 radical (unpaired) electrons. The molecule has 0 aliphatic rings. The Balaban J connectivity index is 2.71. The molecule has 0 heterocycles. The number of ether oxygens (including phenoxy) is 1. The van der Waals surface area contributed by atoms with Crippen LogP contribution in [-0.2, 0) is 4.74 Å². The Kier molecular flexibility index (Phi) is 4.63. The van der Waals surface area contributed by atoms with Gasteiger partial charge in [0.1, 0.15) is 0 Å². The van der Waals surface area contributed by atoms with Crippen LogP contribution in [0, 0.1) is 0 Å². The molecule has 0 fully saturated rings. The van der Waals surface area contributed by atoms with Crippen LogP contribution < -0.4 is 0 Å². The SMILES string of the molecule is CCC(c1ccccc1)C(O)COC. The van der Waals surface area contributed by atoms with Gasteiger partial charge in [0, 0.05) is 13.0 Å². The number of hydrogen-bond acceptors (Lipinski definition) is 2. The van der Waals surface area contributed by atoms with Gasteiger partial charge in [-0.25, -0.2) is 0 Å². The van der Waals surface area contributed by atoms with E-state index in [0.717, 1.165) is 6.42 Å². The largest absolute Gasteiger partial charge is 0.390 e. The summed E-state index contributed by atoms with van der Waals surface area (Å²) in [7, 11) is 1.61. The van der Waals surface area contributed by atoms with Crippen molar-refractivity contribution in [3.63, 3.8) is 0 Å². The van der Waals surface area contributed by atoms with Crippen LogP contribution in [-0.4, -0.2) is 24.9 Å². The van der Waals surface area contributed by atoms with Crippen molar-refractivity contribution in [3.8, 4) is 0 Å². The summed E-state index contributed by atoms with van der Waals surface area (Å²) in [6.45, 7) is 2.48. The molecule has 2 nitrogen and oxygen atoms in total. The van der Waals surface area contributed by atoms with Crippen molar-refractivity contribution < 1.29 is 9.84 Å². The lowest BCUT2D eigenvalue weighted by atomic mass is 9.91. The Bertz CT molecular complexity index is 246. The maximum atomic E-state index is 9.84. The summed E-state index contributed by atoms with van der Waals surface area (Å²) in [4.78, 5) is 0. The van der Waals surface area contributed by atoms with Crippen LogP contribution in [0.4, 0.5) is 0 Å². The van der Waals surface area contributed by atoms with Crippen molar-refractivity contribution in [2.45, 2.75) is 25.4 Å². The average molecular weight is 194 g/mol. The third-order valence-corrected chi connectivity index (χ3v) is 2.47. The molecule has 0 spiro atoms. The highest BCUT2D eigenvalue weighted by Gasteiger charge is 2.18. The lowest BCUT2D eigenvalue weighted by Gasteiger charge is -2.21. The number of aliphatic hydroxyl groups is 1.